The van der Waals surface area contributed by atoms with Gasteiger partial charge in [0.05, 0.1) is 18.8 Å². The predicted molar refractivity (Wildman–Crippen MR) is 154 cm³/mol. The van der Waals surface area contributed by atoms with E-state index in [1.807, 2.05) is 18.4 Å². The van der Waals surface area contributed by atoms with Gasteiger partial charge in [0.25, 0.3) is 0 Å². The van der Waals surface area contributed by atoms with Crippen LogP contribution in [-0.4, -0.2) is 72.2 Å². The Kier molecular flexibility index (Phi) is 12.6. The minimum atomic E-state index is -0.941. The third-order valence-electron chi connectivity index (χ3n) is 7.13. The number of hydrogen-bond acceptors (Lipinski definition) is 6. The number of carbonyl (C=O) groups excluding carboxylic acids is 2. The highest BCUT2D eigenvalue weighted by atomic mass is 32.2. The molecular formula is C30H42FN3O4S. The van der Waals surface area contributed by atoms with Crippen LogP contribution >= 0.6 is 11.8 Å². The van der Waals surface area contributed by atoms with Crippen LogP contribution in [-0.2, 0) is 29.0 Å². The maximum absolute atomic E-state index is 14.8. The number of nitrogens with one attached hydrogen (secondary N) is 2. The molecule has 7 nitrogen and oxygen atoms in total. The number of benzene rings is 2. The quantitative estimate of drug-likeness (QED) is 0.434. The molecule has 0 fully saturated rings. The maximum Gasteiger partial charge on any atom is 0.243 e. The van der Waals surface area contributed by atoms with Crippen LogP contribution in [0.5, 0.6) is 5.75 Å². The molecule has 3 unspecified atom stereocenters. The van der Waals surface area contributed by atoms with Gasteiger partial charge < -0.3 is 25.4 Å². The van der Waals surface area contributed by atoms with E-state index in [0.717, 1.165) is 12.0 Å². The Hall–Kier alpha value is -2.62. The molecule has 2 amide bonds. The smallest absolute Gasteiger partial charge is 0.243 e. The summed E-state index contributed by atoms with van der Waals surface area (Å²) in [6.07, 6.45) is 4.14. The summed E-state index contributed by atoms with van der Waals surface area (Å²) in [6.45, 7) is 3.21. The molecule has 214 valence electrons. The van der Waals surface area contributed by atoms with Gasteiger partial charge in [0.1, 0.15) is 6.04 Å². The van der Waals surface area contributed by atoms with Crippen LogP contribution < -0.4 is 15.4 Å². The van der Waals surface area contributed by atoms with E-state index in [1.165, 1.54) is 16.5 Å². The highest BCUT2D eigenvalue weighted by molar-refractivity contribution is 7.98. The van der Waals surface area contributed by atoms with Crippen molar-refractivity contribution in [2.75, 3.05) is 32.2 Å². The summed E-state index contributed by atoms with van der Waals surface area (Å²) >= 11 is 1.61. The molecule has 9 heteroatoms. The molecular weight excluding hydrogens is 517 g/mol. The molecule has 0 spiro atoms. The fraction of sp³-hybridized carbons (Fsp3) is 0.533. The van der Waals surface area contributed by atoms with Crippen molar-refractivity contribution in [1.82, 2.24) is 15.5 Å². The van der Waals surface area contributed by atoms with Crippen LogP contribution in [0.15, 0.2) is 42.5 Å². The Morgan fingerprint density at radius 3 is 2.74 bits per heavy atom. The molecule has 3 atom stereocenters. The molecule has 0 saturated carbocycles. The normalized spacial score (nSPS) is 20.0. The highest BCUT2D eigenvalue weighted by Gasteiger charge is 2.30. The van der Waals surface area contributed by atoms with Crippen LogP contribution in [0, 0.1) is 5.82 Å². The molecule has 0 radical (unpaired) electrons. The number of aryl methyl sites for hydroxylation is 1. The first-order valence-corrected chi connectivity index (χ1v) is 15.1. The lowest BCUT2D eigenvalue weighted by Gasteiger charge is -2.31. The lowest BCUT2D eigenvalue weighted by Crippen LogP contribution is -2.55. The van der Waals surface area contributed by atoms with Gasteiger partial charge in [-0.25, -0.2) is 4.39 Å². The number of thioether (sulfide) groups is 1. The fourth-order valence-electron chi connectivity index (χ4n) is 4.71. The number of rotatable bonds is 9. The van der Waals surface area contributed by atoms with E-state index in [1.54, 1.807) is 30.9 Å². The van der Waals surface area contributed by atoms with Crippen molar-refractivity contribution in [3.05, 3.63) is 65.0 Å². The van der Waals surface area contributed by atoms with E-state index in [2.05, 4.69) is 29.7 Å². The maximum atomic E-state index is 14.8. The molecule has 2 bridgehead atoms. The lowest BCUT2D eigenvalue weighted by atomic mass is 9.99. The van der Waals surface area contributed by atoms with E-state index < -0.39 is 24.0 Å². The molecule has 2 aliphatic rings. The second kappa shape index (κ2) is 15.8. The molecule has 2 aliphatic heterocycles. The SMILES string of the molecule is CCc1cccc(CNCC(O)C2Cc3ccc(c(F)c3)OCCCCC(=O)N(C)C(CCSC)C(=O)N2)c1. The summed E-state index contributed by atoms with van der Waals surface area (Å²) in [5.41, 5.74) is 2.99. The number of hydrogen-bond donors (Lipinski definition) is 3. The van der Waals surface area contributed by atoms with E-state index >= 15 is 0 Å². The molecule has 3 N–H and O–H groups in total. The number of aliphatic hydroxyl groups excluding tert-OH is 1. The van der Waals surface area contributed by atoms with E-state index in [0.29, 0.717) is 43.7 Å². The second-order valence-electron chi connectivity index (χ2n) is 10.1. The van der Waals surface area contributed by atoms with Crippen molar-refractivity contribution in [1.29, 1.82) is 0 Å². The van der Waals surface area contributed by atoms with Gasteiger partial charge in [-0.05, 0) is 72.9 Å². The summed E-state index contributed by atoms with van der Waals surface area (Å²) in [6, 6.07) is 11.7. The van der Waals surface area contributed by atoms with Crippen molar-refractivity contribution in [2.24, 2.45) is 0 Å². The number of halogens is 1. The molecule has 0 aliphatic carbocycles. The van der Waals surface area contributed by atoms with Crippen molar-refractivity contribution in [3.63, 3.8) is 0 Å². The van der Waals surface area contributed by atoms with Crippen LogP contribution in [0.3, 0.4) is 0 Å². The first-order valence-electron chi connectivity index (χ1n) is 13.7. The molecule has 4 rings (SSSR count). The summed E-state index contributed by atoms with van der Waals surface area (Å²) in [7, 11) is 1.66. The minimum absolute atomic E-state index is 0.119. The zero-order chi connectivity index (χ0) is 28.2. The Morgan fingerprint density at radius 1 is 1.21 bits per heavy atom. The third-order valence-corrected chi connectivity index (χ3v) is 7.77. The zero-order valence-corrected chi connectivity index (χ0v) is 24.1. The van der Waals surface area contributed by atoms with E-state index in [-0.39, 0.29) is 37.0 Å². The summed E-state index contributed by atoms with van der Waals surface area (Å²) in [5.74, 6) is -0.0507. The Bertz CT molecular complexity index is 1090. The van der Waals surface area contributed by atoms with Crippen LogP contribution in [0.2, 0.25) is 0 Å². The molecule has 2 aromatic carbocycles. The number of amides is 2. The number of nitrogens with zero attached hydrogens (tertiary/aromatic N) is 1. The molecule has 2 heterocycles. The largest absolute Gasteiger partial charge is 0.491 e. The zero-order valence-electron chi connectivity index (χ0n) is 23.2. The average Bonchev–Trinajstić information content (AvgIpc) is 2.93. The monoisotopic (exact) mass is 559 g/mol. The van der Waals surface area contributed by atoms with Crippen molar-refractivity contribution < 1.29 is 23.8 Å². The van der Waals surface area contributed by atoms with Crippen LogP contribution in [0.1, 0.15) is 49.3 Å². The van der Waals surface area contributed by atoms with Gasteiger partial charge in [0, 0.05) is 26.6 Å². The lowest BCUT2D eigenvalue weighted by molar-refractivity contribution is -0.139. The highest BCUT2D eigenvalue weighted by Crippen LogP contribution is 2.21. The van der Waals surface area contributed by atoms with Gasteiger partial charge in [-0.15, -0.1) is 0 Å². The summed E-state index contributed by atoms with van der Waals surface area (Å²) in [5, 5.41) is 17.5. The fourth-order valence-corrected chi connectivity index (χ4v) is 5.17. The molecule has 0 aromatic heterocycles. The Labute approximate surface area is 235 Å². The van der Waals surface area contributed by atoms with Gasteiger partial charge in [0.2, 0.25) is 11.8 Å². The molecule has 0 saturated heterocycles. The first kappa shape index (κ1) is 30.9. The topological polar surface area (TPSA) is 90.9 Å². The van der Waals surface area contributed by atoms with Crippen molar-refractivity contribution in [2.45, 2.75) is 70.2 Å². The third kappa shape index (κ3) is 9.51. The van der Waals surface area contributed by atoms with Gasteiger partial charge in [0.15, 0.2) is 11.6 Å². The average molecular weight is 560 g/mol. The van der Waals surface area contributed by atoms with Crippen LogP contribution in [0.4, 0.5) is 4.39 Å². The first-order chi connectivity index (χ1) is 18.8. The number of fused-ring (bicyclic) bond motifs is 13. The van der Waals surface area contributed by atoms with Crippen molar-refractivity contribution >= 4 is 23.6 Å². The number of carbonyl (C=O) groups is 2. The Morgan fingerprint density at radius 2 is 2.00 bits per heavy atom. The van der Waals surface area contributed by atoms with E-state index in [4.69, 9.17) is 4.74 Å². The summed E-state index contributed by atoms with van der Waals surface area (Å²) < 4.78 is 20.4. The van der Waals surface area contributed by atoms with E-state index in [9.17, 15) is 19.1 Å². The second-order valence-corrected chi connectivity index (χ2v) is 11.0. The number of aliphatic hydroxyl groups is 1. The van der Waals surface area contributed by atoms with Crippen molar-refractivity contribution in [3.8, 4) is 5.75 Å². The number of ether oxygens (including phenoxy) is 1. The van der Waals surface area contributed by atoms with Gasteiger partial charge in [-0.1, -0.05) is 37.3 Å². The predicted octanol–water partition coefficient (Wildman–Crippen LogP) is 3.71. The van der Waals surface area contributed by atoms with Gasteiger partial charge >= 0.3 is 0 Å². The van der Waals surface area contributed by atoms with Gasteiger partial charge in [-0.3, -0.25) is 9.59 Å². The molecule has 2 aromatic rings. The van der Waals surface area contributed by atoms with Gasteiger partial charge in [-0.2, -0.15) is 11.8 Å². The van der Waals surface area contributed by atoms with Crippen LogP contribution in [0.25, 0.3) is 0 Å². The Balaban J connectivity index is 1.80. The standard InChI is InChI=1S/C30H42FN3O4S/c1-4-21-8-7-9-23(16-21)19-32-20-27(35)25-18-22-11-12-28(24(31)17-22)38-14-6-5-10-29(36)34(2)26(13-15-39-3)30(37)33-25/h7-9,11-12,16-17,25-27,32,35H,4-6,10,13-15,18-20H2,1-3H3,(H,33,37). The number of likely N-dealkylation sites (N-methyl/N-ethyl adjacent to an activating group) is 1. The molecule has 39 heavy (non-hydrogen) atoms. The minimum Gasteiger partial charge on any atom is -0.491 e. The summed E-state index contributed by atoms with van der Waals surface area (Å²) in [4.78, 5) is 27.9.